The van der Waals surface area contributed by atoms with Gasteiger partial charge in [-0.1, -0.05) is 25.4 Å². The third kappa shape index (κ3) is 2.92. The average Bonchev–Trinajstić information content (AvgIpc) is 2.73. The Hall–Kier alpha value is -1.32. The normalized spacial score (nSPS) is 11.2. The van der Waals surface area contributed by atoms with Crippen molar-refractivity contribution < 1.29 is 0 Å². The van der Waals surface area contributed by atoms with E-state index in [-0.39, 0.29) is 0 Å². The lowest BCUT2D eigenvalue weighted by molar-refractivity contribution is 0.589. The monoisotopic (exact) mass is 263 g/mol. The van der Waals surface area contributed by atoms with Crippen LogP contribution in [-0.2, 0) is 13.6 Å². The van der Waals surface area contributed by atoms with Gasteiger partial charge in [0.1, 0.15) is 5.82 Å². The van der Waals surface area contributed by atoms with Gasteiger partial charge in [0.2, 0.25) is 0 Å². The Morgan fingerprint density at radius 1 is 1.39 bits per heavy atom. The molecule has 0 unspecified atom stereocenters. The number of halogens is 1. The zero-order chi connectivity index (χ0) is 13.1. The van der Waals surface area contributed by atoms with Gasteiger partial charge in [0, 0.05) is 42.6 Å². The van der Waals surface area contributed by atoms with E-state index in [9.17, 15) is 0 Å². The van der Waals surface area contributed by atoms with E-state index in [1.165, 1.54) is 5.56 Å². The molecule has 0 saturated heterocycles. The van der Waals surface area contributed by atoms with E-state index in [2.05, 4.69) is 24.1 Å². The maximum Gasteiger partial charge on any atom is 0.139 e. The number of nitrogens with one attached hydrogen (secondary N) is 1. The lowest BCUT2D eigenvalue weighted by Gasteiger charge is -2.13. The summed E-state index contributed by atoms with van der Waals surface area (Å²) >= 11 is 6.08. The van der Waals surface area contributed by atoms with Crippen LogP contribution >= 0.6 is 11.6 Å². The molecule has 4 heteroatoms. The van der Waals surface area contributed by atoms with Crippen LogP contribution in [0.2, 0.25) is 5.02 Å². The van der Waals surface area contributed by atoms with E-state index in [0.717, 1.165) is 23.0 Å². The molecule has 1 aromatic heterocycles. The quantitative estimate of drug-likeness (QED) is 0.918. The number of benzene rings is 1. The summed E-state index contributed by atoms with van der Waals surface area (Å²) in [6.07, 6.45) is 3.76. The van der Waals surface area contributed by atoms with Crippen molar-refractivity contribution in [1.82, 2.24) is 14.9 Å². The van der Waals surface area contributed by atoms with E-state index in [1.807, 2.05) is 42.2 Å². The number of hydrogen-bond acceptors (Lipinski definition) is 2. The maximum absolute atomic E-state index is 6.08. The van der Waals surface area contributed by atoms with Gasteiger partial charge >= 0.3 is 0 Å². The molecule has 0 aliphatic rings. The minimum Gasteiger partial charge on any atom is -0.334 e. The molecule has 0 bridgehead atoms. The first-order chi connectivity index (χ1) is 8.58. The Bertz CT molecular complexity index is 532. The van der Waals surface area contributed by atoms with Crippen molar-refractivity contribution >= 4 is 11.6 Å². The molecule has 2 aromatic rings. The second-order valence-corrected chi connectivity index (χ2v) is 5.14. The largest absolute Gasteiger partial charge is 0.334 e. The van der Waals surface area contributed by atoms with E-state index in [1.54, 1.807) is 0 Å². The van der Waals surface area contributed by atoms with Crippen LogP contribution in [0, 0.1) is 0 Å². The average molecular weight is 264 g/mol. The van der Waals surface area contributed by atoms with Crippen LogP contribution in [-0.4, -0.2) is 15.6 Å². The van der Waals surface area contributed by atoms with Crippen molar-refractivity contribution in [3.8, 4) is 11.4 Å². The molecule has 1 aromatic carbocycles. The molecule has 2 rings (SSSR count). The van der Waals surface area contributed by atoms with Gasteiger partial charge < -0.3 is 9.88 Å². The highest BCUT2D eigenvalue weighted by atomic mass is 35.5. The van der Waals surface area contributed by atoms with E-state index < -0.39 is 0 Å². The molecule has 18 heavy (non-hydrogen) atoms. The number of imidazole rings is 1. The number of aromatic nitrogens is 2. The Balaban J connectivity index is 2.37. The van der Waals surface area contributed by atoms with Gasteiger partial charge in [-0.05, 0) is 23.8 Å². The SMILES string of the molecule is CC(C)NCc1cc(Cl)ccc1-c1nccn1C. The van der Waals surface area contributed by atoms with Gasteiger partial charge in [0.25, 0.3) is 0 Å². The van der Waals surface area contributed by atoms with E-state index in [4.69, 9.17) is 11.6 Å². The molecule has 0 radical (unpaired) electrons. The summed E-state index contributed by atoms with van der Waals surface area (Å²) in [5, 5.41) is 4.17. The van der Waals surface area contributed by atoms with Gasteiger partial charge in [-0.15, -0.1) is 0 Å². The fourth-order valence-electron chi connectivity index (χ4n) is 1.87. The molecule has 0 aliphatic carbocycles. The zero-order valence-electron chi connectivity index (χ0n) is 10.9. The number of aryl methyl sites for hydroxylation is 1. The summed E-state index contributed by atoms with van der Waals surface area (Å²) < 4.78 is 2.02. The molecule has 96 valence electrons. The van der Waals surface area contributed by atoms with Crippen LogP contribution in [0.3, 0.4) is 0 Å². The summed E-state index contributed by atoms with van der Waals surface area (Å²) in [5.41, 5.74) is 2.30. The standard InChI is InChI=1S/C14H18ClN3/c1-10(2)17-9-11-8-12(15)4-5-13(11)14-16-6-7-18(14)3/h4-8,10,17H,9H2,1-3H3. The van der Waals surface area contributed by atoms with Crippen LogP contribution in [0.15, 0.2) is 30.6 Å². The summed E-state index contributed by atoms with van der Waals surface area (Å²) in [6.45, 7) is 5.05. The van der Waals surface area contributed by atoms with Crippen molar-refractivity contribution in [3.63, 3.8) is 0 Å². The second-order valence-electron chi connectivity index (χ2n) is 4.70. The van der Waals surface area contributed by atoms with Crippen molar-refractivity contribution in [3.05, 3.63) is 41.2 Å². The number of hydrogen-bond donors (Lipinski definition) is 1. The summed E-state index contributed by atoms with van der Waals surface area (Å²) in [7, 11) is 2.00. The third-order valence-corrected chi connectivity index (χ3v) is 3.07. The van der Waals surface area contributed by atoms with E-state index >= 15 is 0 Å². The number of nitrogens with zero attached hydrogens (tertiary/aromatic N) is 2. The lowest BCUT2D eigenvalue weighted by Crippen LogP contribution is -2.22. The number of rotatable bonds is 4. The lowest BCUT2D eigenvalue weighted by atomic mass is 10.1. The Morgan fingerprint density at radius 2 is 2.17 bits per heavy atom. The minimum absolute atomic E-state index is 0.443. The molecule has 1 N–H and O–H groups in total. The van der Waals surface area contributed by atoms with Crippen LogP contribution in [0.25, 0.3) is 11.4 Å². The van der Waals surface area contributed by atoms with Gasteiger partial charge in [-0.25, -0.2) is 4.98 Å². The molecule has 0 amide bonds. The Kier molecular flexibility index (Phi) is 4.04. The summed E-state index contributed by atoms with van der Waals surface area (Å²) in [5.74, 6) is 0.965. The van der Waals surface area contributed by atoms with Crippen LogP contribution in [0.5, 0.6) is 0 Å². The van der Waals surface area contributed by atoms with Gasteiger partial charge in [0.05, 0.1) is 0 Å². The Morgan fingerprint density at radius 3 is 2.78 bits per heavy atom. The minimum atomic E-state index is 0.443. The highest BCUT2D eigenvalue weighted by molar-refractivity contribution is 6.30. The first-order valence-corrected chi connectivity index (χ1v) is 6.45. The predicted molar refractivity (Wildman–Crippen MR) is 75.6 cm³/mol. The van der Waals surface area contributed by atoms with Crippen LogP contribution in [0.4, 0.5) is 0 Å². The smallest absolute Gasteiger partial charge is 0.139 e. The molecule has 1 heterocycles. The summed E-state index contributed by atoms with van der Waals surface area (Å²) in [4.78, 5) is 4.40. The van der Waals surface area contributed by atoms with Gasteiger partial charge in [-0.3, -0.25) is 0 Å². The van der Waals surface area contributed by atoms with E-state index in [0.29, 0.717) is 6.04 Å². The second kappa shape index (κ2) is 5.55. The topological polar surface area (TPSA) is 29.9 Å². The molecule has 0 spiro atoms. The fraction of sp³-hybridized carbons (Fsp3) is 0.357. The highest BCUT2D eigenvalue weighted by Gasteiger charge is 2.10. The Labute approximate surface area is 113 Å². The van der Waals surface area contributed by atoms with Crippen LogP contribution in [0.1, 0.15) is 19.4 Å². The fourth-order valence-corrected chi connectivity index (χ4v) is 2.06. The molecule has 0 fully saturated rings. The molecule has 3 nitrogen and oxygen atoms in total. The van der Waals surface area contributed by atoms with Gasteiger partial charge in [0.15, 0.2) is 0 Å². The van der Waals surface area contributed by atoms with Crippen molar-refractivity contribution in [1.29, 1.82) is 0 Å². The molecule has 0 saturated carbocycles. The van der Waals surface area contributed by atoms with Crippen molar-refractivity contribution in [2.75, 3.05) is 0 Å². The molecular weight excluding hydrogens is 246 g/mol. The van der Waals surface area contributed by atoms with Crippen molar-refractivity contribution in [2.24, 2.45) is 7.05 Å². The predicted octanol–water partition coefficient (Wildman–Crippen LogP) is 3.24. The zero-order valence-corrected chi connectivity index (χ0v) is 11.7. The third-order valence-electron chi connectivity index (χ3n) is 2.83. The molecular formula is C14H18ClN3. The highest BCUT2D eigenvalue weighted by Crippen LogP contribution is 2.25. The maximum atomic E-state index is 6.08. The van der Waals surface area contributed by atoms with Crippen LogP contribution < -0.4 is 5.32 Å². The first-order valence-electron chi connectivity index (χ1n) is 6.07. The van der Waals surface area contributed by atoms with Gasteiger partial charge in [-0.2, -0.15) is 0 Å². The summed E-state index contributed by atoms with van der Waals surface area (Å²) in [6, 6.07) is 6.38. The van der Waals surface area contributed by atoms with Crippen molar-refractivity contribution in [2.45, 2.75) is 26.4 Å². The molecule has 0 aliphatic heterocycles. The molecule has 0 atom stereocenters. The first kappa shape index (κ1) is 13.1.